The van der Waals surface area contributed by atoms with Crippen molar-refractivity contribution in [3.05, 3.63) is 36.0 Å². The molecule has 0 saturated heterocycles. The number of anilines is 1. The number of pyridine rings is 1. The number of aromatic nitrogens is 1. The number of nitrogens with zero attached hydrogens (tertiary/aromatic N) is 2. The van der Waals surface area contributed by atoms with Crippen LogP contribution in [0.1, 0.15) is 12.5 Å². The largest absolute Gasteiger partial charge is 0.380 e. The van der Waals surface area contributed by atoms with Crippen molar-refractivity contribution >= 4 is 28.4 Å². The summed E-state index contributed by atoms with van der Waals surface area (Å²) in [5.41, 5.74) is 2.40. The summed E-state index contributed by atoms with van der Waals surface area (Å²) in [5, 5.41) is 13.6. The molecule has 0 aliphatic rings. The predicted molar refractivity (Wildman–Crippen MR) is 77.9 cm³/mol. The predicted octanol–water partition coefficient (Wildman–Crippen LogP) is 3.27. The molecule has 0 radical (unpaired) electrons. The second-order valence-corrected chi connectivity index (χ2v) is 5.09. The van der Waals surface area contributed by atoms with Gasteiger partial charge in [-0.25, -0.2) is 0 Å². The Kier molecular flexibility index (Phi) is 4.06. The molecule has 4 heteroatoms. The van der Waals surface area contributed by atoms with E-state index < -0.39 is 0 Å². The smallest absolute Gasteiger partial charge is 0.103 e. The second kappa shape index (κ2) is 5.74. The van der Waals surface area contributed by atoms with Crippen LogP contribution in [-0.2, 0) is 0 Å². The van der Waals surface area contributed by atoms with Crippen LogP contribution in [0, 0.1) is 11.3 Å². The van der Waals surface area contributed by atoms with E-state index in [0.717, 1.165) is 22.3 Å². The van der Waals surface area contributed by atoms with Gasteiger partial charge in [0.1, 0.15) is 6.07 Å². The summed E-state index contributed by atoms with van der Waals surface area (Å²) in [4.78, 5) is 4.30. The summed E-state index contributed by atoms with van der Waals surface area (Å²) in [7, 11) is 0. The van der Waals surface area contributed by atoms with Crippen LogP contribution in [0.5, 0.6) is 0 Å². The fourth-order valence-electron chi connectivity index (χ4n) is 1.92. The van der Waals surface area contributed by atoms with Gasteiger partial charge in [-0.3, -0.25) is 4.98 Å². The SMILES string of the molecule is CSCC(C)Nc1c(C#N)cnc2ccccc12. The molecule has 3 nitrogen and oxygen atoms in total. The summed E-state index contributed by atoms with van der Waals surface area (Å²) in [6, 6.07) is 10.4. The van der Waals surface area contributed by atoms with E-state index in [1.165, 1.54) is 0 Å². The average molecular weight is 257 g/mol. The van der Waals surface area contributed by atoms with Gasteiger partial charge in [0.05, 0.1) is 16.8 Å². The molecule has 92 valence electrons. The maximum Gasteiger partial charge on any atom is 0.103 e. The lowest BCUT2D eigenvalue weighted by Crippen LogP contribution is -2.18. The van der Waals surface area contributed by atoms with Gasteiger partial charge in [0.15, 0.2) is 0 Å². The highest BCUT2D eigenvalue weighted by molar-refractivity contribution is 7.98. The molecule has 0 spiro atoms. The van der Waals surface area contributed by atoms with Crippen LogP contribution >= 0.6 is 11.8 Å². The van der Waals surface area contributed by atoms with E-state index in [0.29, 0.717) is 11.6 Å². The summed E-state index contributed by atoms with van der Waals surface area (Å²) in [6.07, 6.45) is 3.71. The Morgan fingerprint density at radius 1 is 1.44 bits per heavy atom. The molecule has 1 N–H and O–H groups in total. The van der Waals surface area contributed by atoms with Crippen LogP contribution in [0.4, 0.5) is 5.69 Å². The maximum atomic E-state index is 9.19. The summed E-state index contributed by atoms with van der Waals surface area (Å²) in [6.45, 7) is 2.12. The molecule has 1 heterocycles. The molecule has 0 aliphatic carbocycles. The van der Waals surface area contributed by atoms with E-state index in [1.54, 1.807) is 18.0 Å². The van der Waals surface area contributed by atoms with Crippen molar-refractivity contribution in [1.82, 2.24) is 4.98 Å². The Morgan fingerprint density at radius 2 is 2.22 bits per heavy atom. The Hall–Kier alpha value is -1.73. The van der Waals surface area contributed by atoms with Gasteiger partial charge in [-0.05, 0) is 19.2 Å². The van der Waals surface area contributed by atoms with Crippen molar-refractivity contribution in [2.45, 2.75) is 13.0 Å². The Bertz CT molecular complexity index is 589. The molecule has 1 aromatic heterocycles. The lowest BCUT2D eigenvalue weighted by Gasteiger charge is -2.16. The van der Waals surface area contributed by atoms with E-state index in [4.69, 9.17) is 0 Å². The molecule has 1 aromatic carbocycles. The number of fused-ring (bicyclic) bond motifs is 1. The minimum Gasteiger partial charge on any atom is -0.380 e. The lowest BCUT2D eigenvalue weighted by atomic mass is 10.1. The molecule has 0 fully saturated rings. The van der Waals surface area contributed by atoms with E-state index in [2.05, 4.69) is 29.5 Å². The number of rotatable bonds is 4. The quantitative estimate of drug-likeness (QED) is 0.913. The molecule has 0 saturated carbocycles. The third-order valence-corrected chi connectivity index (χ3v) is 3.54. The minimum absolute atomic E-state index is 0.318. The standard InChI is InChI=1S/C14H15N3S/c1-10(9-18-2)17-14-11(7-15)8-16-13-6-4-3-5-12(13)14/h3-6,8,10H,9H2,1-2H3,(H,16,17). The van der Waals surface area contributed by atoms with E-state index in [-0.39, 0.29) is 0 Å². The highest BCUT2D eigenvalue weighted by Gasteiger charge is 2.10. The van der Waals surface area contributed by atoms with Crippen LogP contribution in [0.25, 0.3) is 10.9 Å². The van der Waals surface area contributed by atoms with Gasteiger partial charge < -0.3 is 5.32 Å². The van der Waals surface area contributed by atoms with Crippen LogP contribution < -0.4 is 5.32 Å². The maximum absolute atomic E-state index is 9.19. The molecule has 0 amide bonds. The molecule has 2 aromatic rings. The monoisotopic (exact) mass is 257 g/mol. The normalized spacial score (nSPS) is 12.1. The number of thioether (sulfide) groups is 1. The van der Waals surface area contributed by atoms with Crippen LogP contribution in [-0.4, -0.2) is 23.0 Å². The van der Waals surface area contributed by atoms with Crippen LogP contribution in [0.3, 0.4) is 0 Å². The molecule has 0 aliphatic heterocycles. The van der Waals surface area contributed by atoms with Gasteiger partial charge in [0, 0.05) is 23.4 Å². The van der Waals surface area contributed by atoms with Crippen molar-refractivity contribution in [2.24, 2.45) is 0 Å². The number of nitriles is 1. The van der Waals surface area contributed by atoms with Crippen molar-refractivity contribution in [3.63, 3.8) is 0 Å². The van der Waals surface area contributed by atoms with E-state index in [9.17, 15) is 5.26 Å². The number of hydrogen-bond acceptors (Lipinski definition) is 4. The average Bonchev–Trinajstić information content (AvgIpc) is 2.39. The van der Waals surface area contributed by atoms with Crippen molar-refractivity contribution in [3.8, 4) is 6.07 Å². The van der Waals surface area contributed by atoms with Gasteiger partial charge in [-0.1, -0.05) is 18.2 Å². The zero-order chi connectivity index (χ0) is 13.0. The van der Waals surface area contributed by atoms with Gasteiger partial charge >= 0.3 is 0 Å². The van der Waals surface area contributed by atoms with E-state index >= 15 is 0 Å². The van der Waals surface area contributed by atoms with Crippen molar-refractivity contribution < 1.29 is 0 Å². The fraction of sp³-hybridized carbons (Fsp3) is 0.286. The third kappa shape index (κ3) is 2.57. The zero-order valence-corrected chi connectivity index (χ0v) is 11.3. The first-order chi connectivity index (χ1) is 8.76. The molecule has 1 unspecified atom stereocenters. The second-order valence-electron chi connectivity index (χ2n) is 4.18. The van der Waals surface area contributed by atoms with Gasteiger partial charge in [-0.15, -0.1) is 0 Å². The Morgan fingerprint density at radius 3 is 2.94 bits per heavy atom. The first-order valence-corrected chi connectivity index (χ1v) is 7.19. The number of hydrogen-bond donors (Lipinski definition) is 1. The van der Waals surface area contributed by atoms with Crippen molar-refractivity contribution in [2.75, 3.05) is 17.3 Å². The summed E-state index contributed by atoms with van der Waals surface area (Å²) < 4.78 is 0. The number of benzene rings is 1. The number of nitrogens with one attached hydrogen (secondary N) is 1. The fourth-order valence-corrected chi connectivity index (χ4v) is 2.50. The van der Waals surface area contributed by atoms with Crippen LogP contribution in [0.15, 0.2) is 30.5 Å². The molecule has 0 bridgehead atoms. The third-order valence-electron chi connectivity index (χ3n) is 2.70. The summed E-state index contributed by atoms with van der Waals surface area (Å²) >= 11 is 1.79. The zero-order valence-electron chi connectivity index (χ0n) is 10.5. The van der Waals surface area contributed by atoms with Gasteiger partial charge in [-0.2, -0.15) is 17.0 Å². The molecular weight excluding hydrogens is 242 g/mol. The summed E-state index contributed by atoms with van der Waals surface area (Å²) in [5.74, 6) is 1.00. The van der Waals surface area contributed by atoms with Gasteiger partial charge in [0.25, 0.3) is 0 Å². The minimum atomic E-state index is 0.318. The van der Waals surface area contributed by atoms with Gasteiger partial charge in [0.2, 0.25) is 0 Å². The lowest BCUT2D eigenvalue weighted by molar-refractivity contribution is 0.915. The molecule has 1 atom stereocenters. The van der Waals surface area contributed by atoms with E-state index in [1.807, 2.05) is 24.3 Å². The molecule has 2 rings (SSSR count). The topological polar surface area (TPSA) is 48.7 Å². The molecular formula is C14H15N3S. The highest BCUT2D eigenvalue weighted by Crippen LogP contribution is 2.26. The van der Waals surface area contributed by atoms with Crippen molar-refractivity contribution in [1.29, 1.82) is 5.26 Å². The first-order valence-electron chi connectivity index (χ1n) is 5.79. The Balaban J connectivity index is 2.48. The number of para-hydroxylation sites is 1. The molecule has 18 heavy (non-hydrogen) atoms. The highest BCUT2D eigenvalue weighted by atomic mass is 32.2. The Labute approximate surface area is 111 Å². The first kappa shape index (κ1) is 12.7. The van der Waals surface area contributed by atoms with Crippen LogP contribution in [0.2, 0.25) is 0 Å².